The summed E-state index contributed by atoms with van der Waals surface area (Å²) in [5, 5.41) is 13.8. The van der Waals surface area contributed by atoms with E-state index < -0.39 is 0 Å². The number of furan rings is 1. The minimum Gasteiger partial charge on any atom is -0.444 e. The first kappa shape index (κ1) is 13.6. The van der Waals surface area contributed by atoms with Crippen LogP contribution in [0, 0.1) is 11.3 Å². The highest BCUT2D eigenvalue weighted by Gasteiger charge is 2.31. The molecule has 0 spiro atoms. The van der Waals surface area contributed by atoms with Gasteiger partial charge in [0.05, 0.1) is 6.20 Å². The average molecular weight is 296 g/mol. The van der Waals surface area contributed by atoms with Gasteiger partial charge in [-0.15, -0.1) is 0 Å². The standard InChI is InChI=1S/C17H20N4O/c1-21-6-4-12(5-7-21)20-17-16(11-2-3-11)14-8-13(9-18)22-15(14)10-19-17/h8,10-12H,2-7H2,1H3,(H,19,20). The Kier molecular flexibility index (Phi) is 3.27. The highest BCUT2D eigenvalue weighted by atomic mass is 16.3. The maximum Gasteiger partial charge on any atom is 0.204 e. The van der Waals surface area contributed by atoms with Crippen LogP contribution in [0.2, 0.25) is 0 Å². The molecule has 1 N–H and O–H groups in total. The lowest BCUT2D eigenvalue weighted by Crippen LogP contribution is -2.37. The third-order valence-electron chi connectivity index (χ3n) is 4.77. The molecule has 5 heteroatoms. The molecule has 0 atom stereocenters. The number of anilines is 1. The predicted molar refractivity (Wildman–Crippen MR) is 84.8 cm³/mol. The zero-order valence-electron chi connectivity index (χ0n) is 12.8. The van der Waals surface area contributed by atoms with Gasteiger partial charge in [-0.1, -0.05) is 0 Å². The van der Waals surface area contributed by atoms with Crippen LogP contribution in [-0.4, -0.2) is 36.1 Å². The molecule has 2 aromatic rings. The summed E-state index contributed by atoms with van der Waals surface area (Å²) in [6.07, 6.45) is 6.45. The molecule has 0 unspecified atom stereocenters. The molecule has 0 amide bonds. The summed E-state index contributed by atoms with van der Waals surface area (Å²) in [4.78, 5) is 6.97. The maximum atomic E-state index is 9.05. The summed E-state index contributed by atoms with van der Waals surface area (Å²) in [6, 6.07) is 4.44. The lowest BCUT2D eigenvalue weighted by molar-refractivity contribution is 0.263. The molecular formula is C17H20N4O. The van der Waals surface area contributed by atoms with Crippen molar-refractivity contribution in [3.8, 4) is 6.07 Å². The van der Waals surface area contributed by atoms with Gasteiger partial charge in [0.15, 0.2) is 5.58 Å². The SMILES string of the molecule is CN1CCC(Nc2ncc3oc(C#N)cc3c2C2CC2)CC1. The normalized spacial score (nSPS) is 20.2. The number of pyridine rings is 1. The summed E-state index contributed by atoms with van der Waals surface area (Å²) in [5.41, 5.74) is 1.98. The summed E-state index contributed by atoms with van der Waals surface area (Å²) in [5.74, 6) is 1.93. The van der Waals surface area contributed by atoms with E-state index in [4.69, 9.17) is 9.68 Å². The van der Waals surface area contributed by atoms with Crippen molar-refractivity contribution in [2.75, 3.05) is 25.5 Å². The van der Waals surface area contributed by atoms with Gasteiger partial charge in [-0.3, -0.25) is 0 Å². The zero-order valence-corrected chi connectivity index (χ0v) is 12.8. The first-order chi connectivity index (χ1) is 10.7. The average Bonchev–Trinajstić information content (AvgIpc) is 3.27. The molecule has 1 saturated heterocycles. The van der Waals surface area contributed by atoms with E-state index in [1.165, 1.54) is 18.4 Å². The second-order valence-electron chi connectivity index (χ2n) is 6.52. The number of nitrogens with one attached hydrogen (secondary N) is 1. The lowest BCUT2D eigenvalue weighted by atomic mass is 10.0. The fraction of sp³-hybridized carbons (Fsp3) is 0.529. The molecule has 0 radical (unpaired) electrons. The first-order valence-corrected chi connectivity index (χ1v) is 8.02. The third-order valence-corrected chi connectivity index (χ3v) is 4.77. The molecule has 2 aliphatic rings. The number of nitrogens with zero attached hydrogens (tertiary/aromatic N) is 3. The molecule has 0 bridgehead atoms. The number of rotatable bonds is 3. The maximum absolute atomic E-state index is 9.05. The van der Waals surface area contributed by atoms with Crippen LogP contribution in [0.4, 0.5) is 5.82 Å². The van der Waals surface area contributed by atoms with Crippen molar-refractivity contribution in [2.45, 2.75) is 37.6 Å². The van der Waals surface area contributed by atoms with Crippen molar-refractivity contribution in [2.24, 2.45) is 0 Å². The van der Waals surface area contributed by atoms with Crippen molar-refractivity contribution in [1.82, 2.24) is 9.88 Å². The molecule has 3 heterocycles. The number of likely N-dealkylation sites (tertiary alicyclic amines) is 1. The third kappa shape index (κ3) is 2.44. The molecule has 1 saturated carbocycles. The number of fused-ring (bicyclic) bond motifs is 1. The molecule has 1 aliphatic carbocycles. The van der Waals surface area contributed by atoms with E-state index in [9.17, 15) is 0 Å². The fourth-order valence-corrected chi connectivity index (χ4v) is 3.33. The second kappa shape index (κ2) is 5.29. The molecule has 22 heavy (non-hydrogen) atoms. The topological polar surface area (TPSA) is 65.1 Å². The minimum absolute atomic E-state index is 0.371. The number of aromatic nitrogens is 1. The van der Waals surface area contributed by atoms with Crippen molar-refractivity contribution in [3.63, 3.8) is 0 Å². The van der Waals surface area contributed by atoms with Gasteiger partial charge in [-0.25, -0.2) is 4.98 Å². The van der Waals surface area contributed by atoms with Gasteiger partial charge < -0.3 is 14.6 Å². The van der Waals surface area contributed by atoms with E-state index in [0.29, 0.717) is 17.7 Å². The van der Waals surface area contributed by atoms with E-state index in [2.05, 4.69) is 28.3 Å². The van der Waals surface area contributed by atoms with Crippen LogP contribution in [0.3, 0.4) is 0 Å². The fourth-order valence-electron chi connectivity index (χ4n) is 3.33. The molecule has 114 valence electrons. The Morgan fingerprint density at radius 3 is 2.77 bits per heavy atom. The van der Waals surface area contributed by atoms with Crippen LogP contribution < -0.4 is 5.32 Å². The Morgan fingerprint density at radius 2 is 2.09 bits per heavy atom. The van der Waals surface area contributed by atoms with E-state index in [-0.39, 0.29) is 0 Å². The van der Waals surface area contributed by atoms with Gasteiger partial charge in [-0.05, 0) is 51.7 Å². The molecule has 2 aromatic heterocycles. The van der Waals surface area contributed by atoms with Gasteiger partial charge in [0, 0.05) is 23.1 Å². The van der Waals surface area contributed by atoms with Gasteiger partial charge >= 0.3 is 0 Å². The van der Waals surface area contributed by atoms with E-state index in [1.54, 1.807) is 6.20 Å². The van der Waals surface area contributed by atoms with Gasteiger partial charge in [0.1, 0.15) is 11.9 Å². The summed E-state index contributed by atoms with van der Waals surface area (Å²) >= 11 is 0. The summed E-state index contributed by atoms with van der Waals surface area (Å²) in [6.45, 7) is 2.26. The van der Waals surface area contributed by atoms with Gasteiger partial charge in [0.2, 0.25) is 5.76 Å². The van der Waals surface area contributed by atoms with Crippen LogP contribution in [0.1, 0.15) is 42.9 Å². The van der Waals surface area contributed by atoms with Crippen molar-refractivity contribution in [3.05, 3.63) is 23.6 Å². The Labute approximate surface area is 129 Å². The van der Waals surface area contributed by atoms with Crippen molar-refractivity contribution >= 4 is 16.8 Å². The van der Waals surface area contributed by atoms with E-state index in [0.717, 1.165) is 42.7 Å². The van der Waals surface area contributed by atoms with Crippen LogP contribution in [0.15, 0.2) is 16.7 Å². The Bertz CT molecular complexity index is 733. The monoisotopic (exact) mass is 296 g/mol. The molecule has 1 aliphatic heterocycles. The predicted octanol–water partition coefficient (Wildman–Crippen LogP) is 3.08. The Balaban J connectivity index is 1.68. The van der Waals surface area contributed by atoms with Crippen LogP contribution in [0.5, 0.6) is 0 Å². The van der Waals surface area contributed by atoms with Crippen LogP contribution >= 0.6 is 0 Å². The lowest BCUT2D eigenvalue weighted by Gasteiger charge is -2.30. The highest BCUT2D eigenvalue weighted by molar-refractivity contribution is 5.86. The summed E-state index contributed by atoms with van der Waals surface area (Å²) < 4.78 is 5.54. The molecule has 5 nitrogen and oxygen atoms in total. The quantitative estimate of drug-likeness (QED) is 0.943. The van der Waals surface area contributed by atoms with Crippen molar-refractivity contribution < 1.29 is 4.42 Å². The smallest absolute Gasteiger partial charge is 0.204 e. The molecule has 0 aromatic carbocycles. The minimum atomic E-state index is 0.371. The van der Waals surface area contributed by atoms with Crippen LogP contribution in [-0.2, 0) is 0 Å². The van der Waals surface area contributed by atoms with E-state index in [1.807, 2.05) is 6.07 Å². The number of piperidine rings is 1. The Hall–Kier alpha value is -2.06. The second-order valence-corrected chi connectivity index (χ2v) is 6.52. The molecular weight excluding hydrogens is 276 g/mol. The largest absolute Gasteiger partial charge is 0.444 e. The first-order valence-electron chi connectivity index (χ1n) is 8.02. The highest BCUT2D eigenvalue weighted by Crippen LogP contribution is 2.46. The van der Waals surface area contributed by atoms with Crippen LogP contribution in [0.25, 0.3) is 11.0 Å². The van der Waals surface area contributed by atoms with Gasteiger partial charge in [0.25, 0.3) is 0 Å². The van der Waals surface area contributed by atoms with E-state index >= 15 is 0 Å². The number of nitriles is 1. The van der Waals surface area contributed by atoms with Crippen molar-refractivity contribution in [1.29, 1.82) is 5.26 Å². The number of hydrogen-bond acceptors (Lipinski definition) is 5. The summed E-state index contributed by atoms with van der Waals surface area (Å²) in [7, 11) is 2.17. The molecule has 4 rings (SSSR count). The zero-order chi connectivity index (χ0) is 15.1. The number of hydrogen-bond donors (Lipinski definition) is 1. The van der Waals surface area contributed by atoms with Gasteiger partial charge in [-0.2, -0.15) is 5.26 Å². The molecule has 2 fully saturated rings. The Morgan fingerprint density at radius 1 is 1.32 bits per heavy atom.